The van der Waals surface area contributed by atoms with Gasteiger partial charge in [0.05, 0.1) is 23.2 Å². The number of nitrogens with one attached hydrogen (secondary N) is 1. The molecule has 0 aliphatic rings. The van der Waals surface area contributed by atoms with Crippen LogP contribution in [-0.2, 0) is 0 Å². The Labute approximate surface area is 151 Å². The Morgan fingerprint density at radius 2 is 2.00 bits per heavy atom. The molecule has 1 aromatic heterocycles. The lowest BCUT2D eigenvalue weighted by atomic mass is 10.1. The predicted molar refractivity (Wildman–Crippen MR) is 95.9 cm³/mol. The van der Waals surface area contributed by atoms with Gasteiger partial charge in [0.2, 0.25) is 0 Å². The molecule has 26 heavy (non-hydrogen) atoms. The first-order valence-corrected chi connectivity index (χ1v) is 7.85. The third kappa shape index (κ3) is 3.83. The normalized spacial score (nSPS) is 11.4. The molecule has 0 saturated heterocycles. The lowest BCUT2D eigenvalue weighted by Crippen LogP contribution is -2.11. The molecule has 0 radical (unpaired) electrons. The summed E-state index contributed by atoms with van der Waals surface area (Å²) < 4.78 is 34.3. The van der Waals surface area contributed by atoms with Crippen LogP contribution in [0.15, 0.2) is 41.2 Å². The third-order valence-corrected chi connectivity index (χ3v) is 3.80. The van der Waals surface area contributed by atoms with Gasteiger partial charge in [-0.2, -0.15) is 8.78 Å². The van der Waals surface area contributed by atoms with Crippen molar-refractivity contribution in [2.24, 2.45) is 0 Å². The largest absolute Gasteiger partial charge is 0.493 e. The van der Waals surface area contributed by atoms with E-state index in [-0.39, 0.29) is 27.8 Å². The minimum atomic E-state index is -3.02. The van der Waals surface area contributed by atoms with Crippen LogP contribution in [-0.4, -0.2) is 23.7 Å². The van der Waals surface area contributed by atoms with Gasteiger partial charge in [0.15, 0.2) is 11.5 Å². The van der Waals surface area contributed by atoms with Crippen molar-refractivity contribution in [3.8, 4) is 11.5 Å². The molecular weight excluding hydrogens is 366 g/mol. The van der Waals surface area contributed by atoms with E-state index in [4.69, 9.17) is 16.3 Å². The molecule has 1 N–H and O–H groups in total. The van der Waals surface area contributed by atoms with Gasteiger partial charge in [-0.05, 0) is 35.9 Å². The highest BCUT2D eigenvalue weighted by Gasteiger charge is 2.15. The molecule has 1 heterocycles. The van der Waals surface area contributed by atoms with Gasteiger partial charge in [0.25, 0.3) is 5.56 Å². The van der Waals surface area contributed by atoms with Crippen molar-refractivity contribution in [1.82, 2.24) is 9.97 Å². The number of H-pyrrole nitrogens is 1. The van der Waals surface area contributed by atoms with Gasteiger partial charge in [0, 0.05) is 0 Å². The van der Waals surface area contributed by atoms with E-state index < -0.39 is 6.61 Å². The average molecular weight is 379 g/mol. The van der Waals surface area contributed by atoms with E-state index in [1.807, 2.05) is 6.07 Å². The Balaban J connectivity index is 1.97. The number of benzene rings is 2. The standard InChI is InChI=1S/C18H13ClF2N2O3/c1-25-15-9-10(8-11(19)16(15)26-18(20)21)6-7-14-17(24)23-13-5-3-2-4-12(13)22-14/h2-9,18H,1H3,(H,23,24)/b7-6+. The Bertz CT molecular complexity index is 1030. The van der Waals surface area contributed by atoms with Gasteiger partial charge in [-0.25, -0.2) is 4.98 Å². The highest BCUT2D eigenvalue weighted by molar-refractivity contribution is 6.32. The summed E-state index contributed by atoms with van der Waals surface area (Å²) in [5, 5.41) is -0.0373. The van der Waals surface area contributed by atoms with Crippen LogP contribution in [0.4, 0.5) is 8.78 Å². The van der Waals surface area contributed by atoms with Crippen LogP contribution >= 0.6 is 11.6 Å². The number of methoxy groups -OCH3 is 1. The Kier molecular flexibility index (Phi) is 5.18. The van der Waals surface area contributed by atoms with Gasteiger partial charge in [-0.1, -0.05) is 29.8 Å². The summed E-state index contributed by atoms with van der Waals surface area (Å²) >= 11 is 5.99. The number of rotatable bonds is 5. The van der Waals surface area contributed by atoms with E-state index in [0.717, 1.165) is 0 Å². The van der Waals surface area contributed by atoms with Gasteiger partial charge < -0.3 is 14.5 Å². The summed E-state index contributed by atoms with van der Waals surface area (Å²) in [7, 11) is 1.31. The zero-order chi connectivity index (χ0) is 18.7. The van der Waals surface area contributed by atoms with Crippen molar-refractivity contribution in [3.05, 3.63) is 63.0 Å². The number of alkyl halides is 2. The summed E-state index contributed by atoms with van der Waals surface area (Å²) in [6.45, 7) is -3.02. The van der Waals surface area contributed by atoms with E-state index in [1.165, 1.54) is 25.3 Å². The van der Waals surface area contributed by atoms with Crippen LogP contribution in [0.3, 0.4) is 0 Å². The first-order chi connectivity index (χ1) is 12.5. The second-order valence-corrected chi connectivity index (χ2v) is 5.62. The molecule has 2 aromatic carbocycles. The third-order valence-electron chi connectivity index (χ3n) is 3.52. The minimum absolute atomic E-state index is 0.0373. The van der Waals surface area contributed by atoms with Crippen molar-refractivity contribution in [2.75, 3.05) is 7.11 Å². The maximum absolute atomic E-state index is 12.5. The highest BCUT2D eigenvalue weighted by atomic mass is 35.5. The second kappa shape index (κ2) is 7.53. The molecule has 0 atom stereocenters. The number of halogens is 3. The molecule has 3 aromatic rings. The Hall–Kier alpha value is -2.93. The SMILES string of the molecule is COc1cc(/C=C/c2nc3ccccc3[nH]c2=O)cc(Cl)c1OC(F)F. The number of aromatic nitrogens is 2. The molecule has 0 aliphatic heterocycles. The number of fused-ring (bicyclic) bond motifs is 1. The molecule has 0 spiro atoms. The molecule has 0 fully saturated rings. The first kappa shape index (κ1) is 17.9. The van der Waals surface area contributed by atoms with Crippen molar-refractivity contribution in [1.29, 1.82) is 0 Å². The number of ether oxygens (including phenoxy) is 2. The molecule has 8 heteroatoms. The monoisotopic (exact) mass is 378 g/mol. The number of para-hydroxylation sites is 2. The van der Waals surface area contributed by atoms with E-state index in [0.29, 0.717) is 16.6 Å². The molecule has 5 nitrogen and oxygen atoms in total. The highest BCUT2D eigenvalue weighted by Crippen LogP contribution is 2.37. The fraction of sp³-hybridized carbons (Fsp3) is 0.111. The smallest absolute Gasteiger partial charge is 0.387 e. The van der Waals surface area contributed by atoms with Crippen LogP contribution in [0, 0.1) is 0 Å². The van der Waals surface area contributed by atoms with Crippen molar-refractivity contribution in [3.63, 3.8) is 0 Å². The fourth-order valence-corrected chi connectivity index (χ4v) is 2.63. The maximum atomic E-state index is 12.5. The summed E-state index contributed by atoms with van der Waals surface area (Å²) in [4.78, 5) is 19.1. The van der Waals surface area contributed by atoms with Gasteiger partial charge in [-0.15, -0.1) is 0 Å². The zero-order valence-corrected chi connectivity index (χ0v) is 14.3. The van der Waals surface area contributed by atoms with Crippen molar-refractivity contribution >= 4 is 34.8 Å². The second-order valence-electron chi connectivity index (χ2n) is 5.21. The van der Waals surface area contributed by atoms with Gasteiger partial charge in [0.1, 0.15) is 5.69 Å². The summed E-state index contributed by atoms with van der Waals surface area (Å²) in [6, 6.07) is 10.0. The Morgan fingerprint density at radius 1 is 1.23 bits per heavy atom. The molecule has 0 aliphatic carbocycles. The minimum Gasteiger partial charge on any atom is -0.493 e. The van der Waals surface area contributed by atoms with E-state index >= 15 is 0 Å². The number of hydrogen-bond acceptors (Lipinski definition) is 4. The van der Waals surface area contributed by atoms with E-state index in [2.05, 4.69) is 14.7 Å². The molecule has 0 saturated carbocycles. The summed E-state index contributed by atoms with van der Waals surface area (Å²) in [6.07, 6.45) is 3.08. The van der Waals surface area contributed by atoms with Crippen LogP contribution in [0.25, 0.3) is 23.2 Å². The molecular formula is C18H13ClF2N2O3. The maximum Gasteiger partial charge on any atom is 0.387 e. The van der Waals surface area contributed by atoms with E-state index in [9.17, 15) is 13.6 Å². The number of nitrogens with zero attached hydrogens (tertiary/aromatic N) is 1. The predicted octanol–water partition coefficient (Wildman–Crippen LogP) is 4.36. The Morgan fingerprint density at radius 3 is 2.73 bits per heavy atom. The average Bonchev–Trinajstić information content (AvgIpc) is 2.61. The van der Waals surface area contributed by atoms with Crippen LogP contribution in [0.5, 0.6) is 11.5 Å². The topological polar surface area (TPSA) is 64.2 Å². The lowest BCUT2D eigenvalue weighted by Gasteiger charge is -2.12. The van der Waals surface area contributed by atoms with Crippen molar-refractivity contribution < 1.29 is 18.3 Å². The number of aromatic amines is 1. The molecule has 0 amide bonds. The summed E-state index contributed by atoms with van der Waals surface area (Å²) in [5.41, 5.74) is 1.65. The van der Waals surface area contributed by atoms with Crippen molar-refractivity contribution in [2.45, 2.75) is 6.61 Å². The van der Waals surface area contributed by atoms with E-state index in [1.54, 1.807) is 24.3 Å². The molecule has 3 rings (SSSR count). The molecule has 0 unspecified atom stereocenters. The quantitative estimate of drug-likeness (QED) is 0.716. The molecule has 134 valence electrons. The van der Waals surface area contributed by atoms with Gasteiger partial charge in [-0.3, -0.25) is 4.79 Å². The van der Waals surface area contributed by atoms with Crippen LogP contribution < -0.4 is 15.0 Å². The number of hydrogen-bond donors (Lipinski definition) is 1. The lowest BCUT2D eigenvalue weighted by molar-refractivity contribution is -0.0511. The van der Waals surface area contributed by atoms with Crippen LogP contribution in [0.1, 0.15) is 11.3 Å². The summed E-state index contributed by atoms with van der Waals surface area (Å²) in [5.74, 6) is -0.194. The zero-order valence-electron chi connectivity index (χ0n) is 13.5. The van der Waals surface area contributed by atoms with Crippen LogP contribution in [0.2, 0.25) is 5.02 Å². The molecule has 0 bridgehead atoms. The van der Waals surface area contributed by atoms with Gasteiger partial charge >= 0.3 is 6.61 Å². The first-order valence-electron chi connectivity index (χ1n) is 7.47. The fourth-order valence-electron chi connectivity index (χ4n) is 2.37.